The lowest BCUT2D eigenvalue weighted by Crippen LogP contribution is -2.24. The number of nitrogens with zero attached hydrogens (tertiary/aromatic N) is 2. The molecular formula is C18H16ClN3O3. The van der Waals surface area contributed by atoms with E-state index in [4.69, 9.17) is 16.3 Å². The van der Waals surface area contributed by atoms with Crippen LogP contribution in [-0.2, 0) is 4.79 Å². The molecule has 3 aromatic rings. The fraction of sp³-hybridized carbons (Fsp3) is 0.222. The van der Waals surface area contributed by atoms with Gasteiger partial charge in [-0.2, -0.15) is 0 Å². The van der Waals surface area contributed by atoms with Crippen LogP contribution < -0.4 is 10.1 Å². The van der Waals surface area contributed by atoms with Gasteiger partial charge in [0.05, 0.1) is 23.5 Å². The lowest BCUT2D eigenvalue weighted by atomic mass is 9.86. The van der Waals surface area contributed by atoms with Crippen LogP contribution in [0.1, 0.15) is 29.3 Å². The van der Waals surface area contributed by atoms with E-state index < -0.39 is 0 Å². The lowest BCUT2D eigenvalue weighted by Gasteiger charge is -2.27. The summed E-state index contributed by atoms with van der Waals surface area (Å²) in [7, 11) is 1.50. The molecule has 7 heteroatoms. The van der Waals surface area contributed by atoms with Crippen LogP contribution >= 0.6 is 11.6 Å². The van der Waals surface area contributed by atoms with Crippen molar-refractivity contribution in [3.8, 4) is 11.5 Å². The van der Waals surface area contributed by atoms with Crippen LogP contribution in [0.15, 0.2) is 30.5 Å². The number of methoxy groups -OCH3 is 1. The molecule has 0 fully saturated rings. The van der Waals surface area contributed by atoms with Crippen LogP contribution in [0.4, 0.5) is 5.69 Å². The number of hydrogen-bond donors (Lipinski definition) is 2. The van der Waals surface area contributed by atoms with Gasteiger partial charge in [0, 0.05) is 30.3 Å². The first-order valence-electron chi connectivity index (χ1n) is 7.82. The number of phenols is 1. The summed E-state index contributed by atoms with van der Waals surface area (Å²) in [4.78, 5) is 16.8. The quantitative estimate of drug-likeness (QED) is 0.736. The molecule has 0 aliphatic carbocycles. The molecule has 0 bridgehead atoms. The van der Waals surface area contributed by atoms with E-state index >= 15 is 0 Å². The van der Waals surface area contributed by atoms with Gasteiger partial charge in [0.15, 0.2) is 11.5 Å². The molecule has 25 heavy (non-hydrogen) atoms. The van der Waals surface area contributed by atoms with Gasteiger partial charge in [-0.05, 0) is 30.7 Å². The second-order valence-corrected chi connectivity index (χ2v) is 6.51. The fourth-order valence-corrected chi connectivity index (χ4v) is 3.62. The van der Waals surface area contributed by atoms with Crippen LogP contribution in [-0.4, -0.2) is 27.5 Å². The number of phenolic OH excluding ortho intramolecular Hbond substituents is 1. The van der Waals surface area contributed by atoms with Crippen molar-refractivity contribution in [1.29, 1.82) is 0 Å². The number of ether oxygens (including phenoxy) is 1. The largest absolute Gasteiger partial charge is 0.504 e. The van der Waals surface area contributed by atoms with Crippen LogP contribution in [0.5, 0.6) is 11.5 Å². The van der Waals surface area contributed by atoms with Crippen LogP contribution in [0.3, 0.4) is 0 Å². The molecule has 2 aromatic heterocycles. The third-order valence-electron chi connectivity index (χ3n) is 4.52. The minimum absolute atomic E-state index is 0.0138. The maximum absolute atomic E-state index is 12.2. The van der Waals surface area contributed by atoms with Crippen molar-refractivity contribution in [3.05, 3.63) is 52.4 Å². The van der Waals surface area contributed by atoms with Gasteiger partial charge in [0.2, 0.25) is 5.91 Å². The predicted molar refractivity (Wildman–Crippen MR) is 94.7 cm³/mol. The topological polar surface area (TPSA) is 75.9 Å². The van der Waals surface area contributed by atoms with Gasteiger partial charge in [0.25, 0.3) is 0 Å². The van der Waals surface area contributed by atoms with Crippen molar-refractivity contribution < 1.29 is 14.6 Å². The van der Waals surface area contributed by atoms with E-state index in [9.17, 15) is 9.90 Å². The first-order valence-corrected chi connectivity index (χ1v) is 8.20. The van der Waals surface area contributed by atoms with Gasteiger partial charge in [-0.1, -0.05) is 11.6 Å². The van der Waals surface area contributed by atoms with Crippen molar-refractivity contribution in [3.63, 3.8) is 0 Å². The van der Waals surface area contributed by atoms with E-state index in [2.05, 4.69) is 10.3 Å². The molecule has 4 rings (SSSR count). The average molecular weight is 358 g/mol. The third-order valence-corrected chi connectivity index (χ3v) is 4.75. The van der Waals surface area contributed by atoms with Gasteiger partial charge in [-0.3, -0.25) is 4.79 Å². The monoisotopic (exact) mass is 357 g/mol. The Bertz CT molecular complexity index is 1010. The Morgan fingerprint density at radius 3 is 2.96 bits per heavy atom. The number of aromatic hydroxyl groups is 1. The molecule has 1 amide bonds. The zero-order valence-electron chi connectivity index (χ0n) is 13.7. The number of aryl methyl sites for hydroxylation is 1. The summed E-state index contributed by atoms with van der Waals surface area (Å²) in [5, 5.41) is 13.4. The standard InChI is InChI=1S/C18H16ClN3O3/c1-9-18(22-8-10(19)3-4-16(22)20-9)12-6-17(24)21-13-7-14(23)15(25-2)5-11(12)13/h3-5,7-8,12,23H,6H2,1-2H3,(H,21,24). The molecule has 2 N–H and O–H groups in total. The SMILES string of the molecule is COc1cc2c(cc1O)NC(=O)CC2c1c(C)nc2ccc(Cl)cn12. The number of rotatable bonds is 2. The zero-order chi connectivity index (χ0) is 17.7. The molecule has 0 saturated carbocycles. The molecule has 1 unspecified atom stereocenters. The number of carbonyl (C=O) groups is 1. The smallest absolute Gasteiger partial charge is 0.225 e. The average Bonchev–Trinajstić information content (AvgIpc) is 2.88. The number of anilines is 1. The molecule has 128 valence electrons. The molecule has 6 nitrogen and oxygen atoms in total. The number of nitrogens with one attached hydrogen (secondary N) is 1. The summed E-state index contributed by atoms with van der Waals surface area (Å²) in [5.74, 6) is 0.0228. The number of hydrogen-bond acceptors (Lipinski definition) is 4. The number of aromatic nitrogens is 2. The van der Waals surface area contributed by atoms with Gasteiger partial charge in [-0.15, -0.1) is 0 Å². The van der Waals surface area contributed by atoms with E-state index in [0.717, 1.165) is 22.6 Å². The van der Waals surface area contributed by atoms with E-state index in [-0.39, 0.29) is 24.0 Å². The summed E-state index contributed by atoms with van der Waals surface area (Å²) in [6, 6.07) is 6.91. The molecule has 3 heterocycles. The number of amides is 1. The number of halogens is 1. The molecule has 1 aromatic carbocycles. The highest BCUT2D eigenvalue weighted by molar-refractivity contribution is 6.30. The number of benzene rings is 1. The lowest BCUT2D eigenvalue weighted by molar-refractivity contribution is -0.116. The van der Waals surface area contributed by atoms with E-state index in [0.29, 0.717) is 16.5 Å². The number of imidazole rings is 1. The Balaban J connectivity index is 1.97. The summed E-state index contributed by atoms with van der Waals surface area (Å²) in [6.07, 6.45) is 2.08. The molecular weight excluding hydrogens is 342 g/mol. The summed E-state index contributed by atoms with van der Waals surface area (Å²) in [5.41, 5.74) is 3.96. The summed E-state index contributed by atoms with van der Waals surface area (Å²) < 4.78 is 7.15. The van der Waals surface area contributed by atoms with E-state index in [1.54, 1.807) is 18.3 Å². The highest BCUT2D eigenvalue weighted by Gasteiger charge is 2.31. The predicted octanol–water partition coefficient (Wildman–Crippen LogP) is 3.48. The van der Waals surface area contributed by atoms with Crippen molar-refractivity contribution in [2.75, 3.05) is 12.4 Å². The third kappa shape index (κ3) is 2.49. The first kappa shape index (κ1) is 15.8. The molecule has 1 aliphatic rings. The minimum atomic E-state index is -0.216. The van der Waals surface area contributed by atoms with E-state index in [1.165, 1.54) is 13.2 Å². The normalized spacial score (nSPS) is 16.6. The van der Waals surface area contributed by atoms with Crippen LogP contribution in [0, 0.1) is 6.92 Å². The number of fused-ring (bicyclic) bond motifs is 2. The van der Waals surface area contributed by atoms with Crippen molar-refractivity contribution in [1.82, 2.24) is 9.38 Å². The Kier molecular flexibility index (Phi) is 3.58. The minimum Gasteiger partial charge on any atom is -0.504 e. The van der Waals surface area contributed by atoms with Crippen LogP contribution in [0.2, 0.25) is 5.02 Å². The molecule has 1 aliphatic heterocycles. The van der Waals surface area contributed by atoms with E-state index in [1.807, 2.05) is 17.4 Å². The van der Waals surface area contributed by atoms with Crippen molar-refractivity contribution >= 4 is 28.8 Å². The molecule has 1 atom stereocenters. The summed E-state index contributed by atoms with van der Waals surface area (Å²) >= 11 is 6.16. The van der Waals surface area contributed by atoms with Crippen molar-refractivity contribution in [2.24, 2.45) is 0 Å². The molecule has 0 radical (unpaired) electrons. The fourth-order valence-electron chi connectivity index (χ4n) is 3.46. The van der Waals surface area contributed by atoms with Gasteiger partial charge >= 0.3 is 0 Å². The van der Waals surface area contributed by atoms with Gasteiger partial charge in [0.1, 0.15) is 5.65 Å². The Labute approximate surface area is 149 Å². The molecule has 0 spiro atoms. The Morgan fingerprint density at radius 1 is 1.40 bits per heavy atom. The number of pyridine rings is 1. The number of carbonyl (C=O) groups excluding carboxylic acids is 1. The Morgan fingerprint density at radius 2 is 2.20 bits per heavy atom. The first-order chi connectivity index (χ1) is 12.0. The Hall–Kier alpha value is -2.73. The van der Waals surface area contributed by atoms with Gasteiger partial charge < -0.3 is 19.6 Å². The van der Waals surface area contributed by atoms with Crippen LogP contribution in [0.25, 0.3) is 5.65 Å². The van der Waals surface area contributed by atoms with Gasteiger partial charge in [-0.25, -0.2) is 4.98 Å². The zero-order valence-corrected chi connectivity index (χ0v) is 14.5. The second-order valence-electron chi connectivity index (χ2n) is 6.07. The maximum Gasteiger partial charge on any atom is 0.225 e. The highest BCUT2D eigenvalue weighted by Crippen LogP contribution is 2.43. The maximum atomic E-state index is 12.2. The second kappa shape index (κ2) is 5.67. The summed E-state index contributed by atoms with van der Waals surface area (Å²) in [6.45, 7) is 1.92. The van der Waals surface area contributed by atoms with Crippen molar-refractivity contribution in [2.45, 2.75) is 19.3 Å². The molecule has 0 saturated heterocycles. The highest BCUT2D eigenvalue weighted by atomic mass is 35.5.